The summed E-state index contributed by atoms with van der Waals surface area (Å²) in [6.45, 7) is 1.42. The molecule has 1 fully saturated rings. The summed E-state index contributed by atoms with van der Waals surface area (Å²) in [5, 5.41) is 3.73. The van der Waals surface area contributed by atoms with Crippen LogP contribution in [0.3, 0.4) is 0 Å². The number of hydrogen-bond acceptors (Lipinski definition) is 5. The van der Waals surface area contributed by atoms with Crippen LogP contribution in [0.1, 0.15) is 42.4 Å². The van der Waals surface area contributed by atoms with Crippen molar-refractivity contribution in [1.29, 1.82) is 0 Å². The zero-order valence-electron chi connectivity index (χ0n) is 26.6. The van der Waals surface area contributed by atoms with Gasteiger partial charge in [0.25, 0.3) is 10.0 Å². The minimum Gasteiger partial charge on any atom is -0.497 e. The van der Waals surface area contributed by atoms with Crippen LogP contribution in [-0.2, 0) is 32.6 Å². The largest absolute Gasteiger partial charge is 0.497 e. The van der Waals surface area contributed by atoms with Crippen molar-refractivity contribution in [2.45, 2.75) is 62.6 Å². The lowest BCUT2D eigenvalue weighted by Gasteiger charge is -2.34. The average molecular weight is 674 g/mol. The number of methoxy groups -OCH3 is 1. The van der Waals surface area contributed by atoms with Crippen molar-refractivity contribution < 1.29 is 22.7 Å². The van der Waals surface area contributed by atoms with Gasteiger partial charge >= 0.3 is 0 Å². The number of halogens is 1. The molecular formula is C37H40ClN3O5S. The minimum atomic E-state index is -4.19. The maximum Gasteiger partial charge on any atom is 0.264 e. The number of aryl methyl sites for hydroxylation is 1. The Bertz CT molecular complexity index is 1740. The van der Waals surface area contributed by atoms with Crippen LogP contribution < -0.4 is 14.4 Å². The second-order valence-corrected chi connectivity index (χ2v) is 14.2. The summed E-state index contributed by atoms with van der Waals surface area (Å²) >= 11 is 6.18. The van der Waals surface area contributed by atoms with E-state index in [1.807, 2.05) is 37.3 Å². The molecule has 0 saturated heterocycles. The fourth-order valence-corrected chi connectivity index (χ4v) is 7.36. The lowest BCUT2D eigenvalue weighted by Crippen LogP contribution is -2.54. The summed E-state index contributed by atoms with van der Waals surface area (Å²) in [7, 11) is -2.67. The van der Waals surface area contributed by atoms with E-state index in [2.05, 4.69) is 5.32 Å². The lowest BCUT2D eigenvalue weighted by atomic mass is 10.0. The summed E-state index contributed by atoms with van der Waals surface area (Å²) in [5.74, 6) is -0.238. The van der Waals surface area contributed by atoms with Crippen LogP contribution in [-0.4, -0.2) is 50.9 Å². The number of rotatable bonds is 13. The van der Waals surface area contributed by atoms with E-state index in [9.17, 15) is 18.0 Å². The van der Waals surface area contributed by atoms with E-state index in [0.717, 1.165) is 46.7 Å². The predicted octanol–water partition coefficient (Wildman–Crippen LogP) is 6.55. The van der Waals surface area contributed by atoms with Crippen molar-refractivity contribution in [2.24, 2.45) is 0 Å². The lowest BCUT2D eigenvalue weighted by molar-refractivity contribution is -0.140. The topological polar surface area (TPSA) is 96.0 Å². The van der Waals surface area contributed by atoms with Crippen LogP contribution in [0.25, 0.3) is 0 Å². The van der Waals surface area contributed by atoms with Gasteiger partial charge in [0, 0.05) is 24.0 Å². The minimum absolute atomic E-state index is 0.0333. The molecule has 2 amide bonds. The normalized spacial score (nSPS) is 13.9. The van der Waals surface area contributed by atoms with Gasteiger partial charge in [-0.15, -0.1) is 0 Å². The van der Waals surface area contributed by atoms with Crippen molar-refractivity contribution in [3.8, 4) is 5.75 Å². The first kappa shape index (κ1) is 34.0. The van der Waals surface area contributed by atoms with Gasteiger partial charge in [-0.2, -0.15) is 0 Å². The Balaban J connectivity index is 1.56. The summed E-state index contributed by atoms with van der Waals surface area (Å²) in [6.07, 6.45) is 4.10. The first-order valence-electron chi connectivity index (χ1n) is 15.8. The van der Waals surface area contributed by atoms with Crippen LogP contribution in [0.5, 0.6) is 5.75 Å². The number of nitrogens with zero attached hydrogens (tertiary/aromatic N) is 2. The van der Waals surface area contributed by atoms with Crippen molar-refractivity contribution in [1.82, 2.24) is 10.2 Å². The van der Waals surface area contributed by atoms with Gasteiger partial charge in [-0.05, 0) is 79.4 Å². The molecule has 1 aliphatic carbocycles. The molecule has 1 atom stereocenters. The number of ether oxygens (including phenoxy) is 1. The summed E-state index contributed by atoms with van der Waals surface area (Å²) in [5.41, 5.74) is 2.84. The number of benzene rings is 4. The Morgan fingerprint density at radius 2 is 1.51 bits per heavy atom. The van der Waals surface area contributed by atoms with E-state index in [1.54, 1.807) is 60.7 Å². The zero-order valence-corrected chi connectivity index (χ0v) is 28.2. The van der Waals surface area contributed by atoms with E-state index < -0.39 is 28.5 Å². The second kappa shape index (κ2) is 15.5. The van der Waals surface area contributed by atoms with E-state index >= 15 is 0 Å². The number of amides is 2. The number of carbonyl (C=O) groups is 2. The SMILES string of the molecule is COc1ccc(N(CC(=O)N(Cc2ccc(Cl)cc2)[C@H](Cc2ccccc2)C(=O)NC2CCCC2)S(=O)(=O)c2ccc(C)cc2)cc1. The molecule has 0 bridgehead atoms. The molecule has 0 unspecified atom stereocenters. The maximum absolute atomic E-state index is 14.6. The van der Waals surface area contributed by atoms with Gasteiger partial charge in [-0.3, -0.25) is 13.9 Å². The van der Waals surface area contributed by atoms with E-state index in [-0.39, 0.29) is 29.8 Å². The molecule has 0 spiro atoms. The van der Waals surface area contributed by atoms with Crippen molar-refractivity contribution >= 4 is 39.1 Å². The quantitative estimate of drug-likeness (QED) is 0.174. The Labute approximate surface area is 282 Å². The fourth-order valence-electron chi connectivity index (χ4n) is 5.82. The van der Waals surface area contributed by atoms with Gasteiger partial charge in [-0.1, -0.05) is 84.6 Å². The van der Waals surface area contributed by atoms with Crippen molar-refractivity contribution in [3.63, 3.8) is 0 Å². The maximum atomic E-state index is 14.6. The highest BCUT2D eigenvalue weighted by molar-refractivity contribution is 7.92. The number of hydrogen-bond donors (Lipinski definition) is 1. The molecule has 246 valence electrons. The molecule has 5 rings (SSSR count). The first-order valence-corrected chi connectivity index (χ1v) is 17.6. The number of anilines is 1. The van der Waals surface area contributed by atoms with Crippen molar-refractivity contribution in [3.05, 3.63) is 125 Å². The molecule has 0 heterocycles. The second-order valence-electron chi connectivity index (χ2n) is 11.9. The average Bonchev–Trinajstić information content (AvgIpc) is 3.59. The number of nitrogens with one attached hydrogen (secondary N) is 1. The Morgan fingerprint density at radius 3 is 2.13 bits per heavy atom. The molecule has 1 saturated carbocycles. The summed E-state index contributed by atoms with van der Waals surface area (Å²) in [6, 6.07) is 28.8. The third-order valence-electron chi connectivity index (χ3n) is 8.49. The highest BCUT2D eigenvalue weighted by atomic mass is 35.5. The zero-order chi connectivity index (χ0) is 33.4. The van der Waals surface area contributed by atoms with Crippen LogP contribution in [0.4, 0.5) is 5.69 Å². The Kier molecular flexibility index (Phi) is 11.2. The monoisotopic (exact) mass is 673 g/mol. The van der Waals surface area contributed by atoms with Gasteiger partial charge in [0.2, 0.25) is 11.8 Å². The first-order chi connectivity index (χ1) is 22.6. The van der Waals surface area contributed by atoms with E-state index in [4.69, 9.17) is 16.3 Å². The standard InChI is InChI=1S/C37H40ClN3O5S/c1-27-12-22-34(23-13-27)47(44,45)41(32-18-20-33(46-2)21-19-32)26-36(42)40(25-29-14-16-30(38)17-15-29)35(24-28-8-4-3-5-9-28)37(43)39-31-10-6-7-11-31/h3-5,8-9,12-23,31,35H,6-7,10-11,24-26H2,1-2H3,(H,39,43)/t35-/m1/s1. The molecular weight excluding hydrogens is 634 g/mol. The Hall–Kier alpha value is -4.34. The highest BCUT2D eigenvalue weighted by Crippen LogP contribution is 2.27. The molecule has 0 aliphatic heterocycles. The summed E-state index contributed by atoms with van der Waals surface area (Å²) in [4.78, 5) is 30.3. The molecule has 47 heavy (non-hydrogen) atoms. The van der Waals surface area contributed by atoms with E-state index in [1.165, 1.54) is 24.1 Å². The molecule has 10 heteroatoms. The Morgan fingerprint density at radius 1 is 0.872 bits per heavy atom. The van der Waals surface area contributed by atoms with Gasteiger partial charge in [0.15, 0.2) is 0 Å². The third-order valence-corrected chi connectivity index (χ3v) is 10.5. The highest BCUT2D eigenvalue weighted by Gasteiger charge is 2.35. The number of sulfonamides is 1. The van der Waals surface area contributed by atoms with E-state index in [0.29, 0.717) is 16.5 Å². The van der Waals surface area contributed by atoms with Crippen LogP contribution in [0.2, 0.25) is 5.02 Å². The van der Waals surface area contributed by atoms with Gasteiger partial charge in [-0.25, -0.2) is 8.42 Å². The van der Waals surface area contributed by atoms with Crippen LogP contribution in [0.15, 0.2) is 108 Å². The van der Waals surface area contributed by atoms with Gasteiger partial charge in [0.1, 0.15) is 18.3 Å². The number of carbonyl (C=O) groups excluding carboxylic acids is 2. The molecule has 1 aliphatic rings. The molecule has 4 aromatic rings. The molecule has 1 N–H and O–H groups in total. The predicted molar refractivity (Wildman–Crippen MR) is 185 cm³/mol. The van der Waals surface area contributed by atoms with Crippen LogP contribution in [0, 0.1) is 6.92 Å². The smallest absolute Gasteiger partial charge is 0.264 e. The molecule has 0 radical (unpaired) electrons. The third kappa shape index (κ3) is 8.73. The molecule has 4 aromatic carbocycles. The van der Waals surface area contributed by atoms with Crippen molar-refractivity contribution in [2.75, 3.05) is 18.0 Å². The summed E-state index contributed by atoms with van der Waals surface area (Å²) < 4.78 is 34.8. The van der Waals surface area contributed by atoms with Gasteiger partial charge < -0.3 is 15.0 Å². The molecule has 8 nitrogen and oxygen atoms in total. The van der Waals surface area contributed by atoms with Crippen LogP contribution >= 0.6 is 11.6 Å². The molecule has 0 aromatic heterocycles. The van der Waals surface area contributed by atoms with Gasteiger partial charge in [0.05, 0.1) is 17.7 Å². The fraction of sp³-hybridized carbons (Fsp3) is 0.297.